The van der Waals surface area contributed by atoms with Gasteiger partial charge in [-0.1, -0.05) is 90.5 Å². The van der Waals surface area contributed by atoms with Gasteiger partial charge in [0, 0.05) is 17.4 Å². The summed E-state index contributed by atoms with van der Waals surface area (Å²) in [5.41, 5.74) is 1.90. The van der Waals surface area contributed by atoms with Crippen molar-refractivity contribution < 1.29 is 9.59 Å². The largest absolute Gasteiger partial charge is 0.325 e. The monoisotopic (exact) mass is 441 g/mol. The molecule has 5 rings (SSSR count). The van der Waals surface area contributed by atoms with E-state index in [2.05, 4.69) is 10.3 Å². The highest BCUT2D eigenvalue weighted by Gasteiger charge is 2.52. The first-order valence-corrected chi connectivity index (χ1v) is 10.7. The van der Waals surface area contributed by atoms with Crippen LogP contribution >= 0.6 is 11.6 Å². The van der Waals surface area contributed by atoms with E-state index < -0.39 is 11.6 Å². The van der Waals surface area contributed by atoms with Crippen LogP contribution in [0.4, 0.5) is 4.79 Å². The van der Waals surface area contributed by atoms with E-state index >= 15 is 0 Å². The third kappa shape index (κ3) is 3.51. The van der Waals surface area contributed by atoms with Crippen LogP contribution < -0.4 is 5.32 Å². The standard InChI is InChI=1S/C26H20ClN3O2/c27-23-20(15-19-11-7-8-14-22(19)28-23)17-30-24(31)26(29-25(30)32,21-12-5-2-6-13-21)16-18-9-3-1-4-10-18/h1-15H,16-17H2,(H,29,32). The summed E-state index contributed by atoms with van der Waals surface area (Å²) in [4.78, 5) is 32.5. The molecule has 6 heteroatoms. The van der Waals surface area contributed by atoms with E-state index in [1.54, 1.807) is 0 Å². The van der Waals surface area contributed by atoms with Crippen LogP contribution in [-0.4, -0.2) is 21.8 Å². The van der Waals surface area contributed by atoms with Gasteiger partial charge in [0.2, 0.25) is 0 Å². The van der Waals surface area contributed by atoms with Crippen LogP contribution in [0.2, 0.25) is 5.15 Å². The number of nitrogens with zero attached hydrogens (tertiary/aromatic N) is 2. The number of carbonyl (C=O) groups excluding carboxylic acids is 2. The third-order valence-corrected chi connectivity index (χ3v) is 6.16. The number of nitrogens with one attached hydrogen (secondary N) is 1. The normalized spacial score (nSPS) is 18.2. The maximum absolute atomic E-state index is 13.8. The lowest BCUT2D eigenvalue weighted by atomic mass is 9.83. The highest BCUT2D eigenvalue weighted by Crippen LogP contribution is 2.34. The molecule has 5 nitrogen and oxygen atoms in total. The van der Waals surface area contributed by atoms with E-state index in [1.165, 1.54) is 4.90 Å². The van der Waals surface area contributed by atoms with Gasteiger partial charge in [-0.25, -0.2) is 9.78 Å². The van der Waals surface area contributed by atoms with Crippen molar-refractivity contribution in [3.8, 4) is 0 Å². The number of benzene rings is 3. The minimum atomic E-state index is -1.18. The summed E-state index contributed by atoms with van der Waals surface area (Å²) in [6, 6.07) is 28.1. The number of fused-ring (bicyclic) bond motifs is 1. The van der Waals surface area contributed by atoms with Crippen molar-refractivity contribution in [3.63, 3.8) is 0 Å². The van der Waals surface area contributed by atoms with Gasteiger partial charge >= 0.3 is 6.03 Å². The molecule has 0 radical (unpaired) electrons. The second kappa shape index (κ2) is 8.09. The lowest BCUT2D eigenvalue weighted by molar-refractivity contribution is -0.132. The van der Waals surface area contributed by atoms with Crippen LogP contribution in [0.3, 0.4) is 0 Å². The summed E-state index contributed by atoms with van der Waals surface area (Å²) in [5.74, 6) is -0.304. The first-order chi connectivity index (χ1) is 15.6. The number of rotatable bonds is 5. The Balaban J connectivity index is 1.54. The minimum absolute atomic E-state index is 0.0463. The maximum Gasteiger partial charge on any atom is 0.325 e. The van der Waals surface area contributed by atoms with E-state index in [0.717, 1.165) is 22.0 Å². The zero-order chi connectivity index (χ0) is 22.1. The van der Waals surface area contributed by atoms with Gasteiger partial charge in [0.15, 0.2) is 5.54 Å². The zero-order valence-electron chi connectivity index (χ0n) is 17.2. The lowest BCUT2D eigenvalue weighted by Gasteiger charge is -2.27. The number of pyridine rings is 1. The van der Waals surface area contributed by atoms with E-state index in [4.69, 9.17) is 11.6 Å². The first-order valence-electron chi connectivity index (χ1n) is 10.3. The molecule has 158 valence electrons. The smallest absolute Gasteiger partial charge is 0.319 e. The van der Waals surface area contributed by atoms with Crippen LogP contribution in [0.25, 0.3) is 10.9 Å². The molecule has 2 heterocycles. The molecule has 0 aliphatic carbocycles. The number of aromatic nitrogens is 1. The predicted octanol–water partition coefficient (Wildman–Crippen LogP) is 5.08. The number of urea groups is 1. The summed E-state index contributed by atoms with van der Waals surface area (Å²) >= 11 is 6.41. The first kappa shape index (κ1) is 20.2. The highest BCUT2D eigenvalue weighted by atomic mass is 35.5. The molecule has 0 spiro atoms. The molecule has 4 aromatic rings. The number of hydrogen-bond acceptors (Lipinski definition) is 3. The number of carbonyl (C=O) groups is 2. The number of para-hydroxylation sites is 1. The van der Waals surface area contributed by atoms with E-state index in [1.807, 2.05) is 91.0 Å². The fraction of sp³-hybridized carbons (Fsp3) is 0.115. The van der Waals surface area contributed by atoms with Gasteiger partial charge in [-0.2, -0.15) is 0 Å². The van der Waals surface area contributed by atoms with Gasteiger partial charge in [0.25, 0.3) is 5.91 Å². The van der Waals surface area contributed by atoms with Crippen molar-refractivity contribution in [2.75, 3.05) is 0 Å². The van der Waals surface area contributed by atoms with Crippen molar-refractivity contribution >= 4 is 34.4 Å². The van der Waals surface area contributed by atoms with E-state index in [-0.39, 0.29) is 17.6 Å². The SMILES string of the molecule is O=C1NC(Cc2ccccc2)(c2ccccc2)C(=O)N1Cc1cc2ccccc2nc1Cl. The Morgan fingerprint density at radius 3 is 2.28 bits per heavy atom. The highest BCUT2D eigenvalue weighted by molar-refractivity contribution is 6.30. The predicted molar refractivity (Wildman–Crippen MR) is 124 cm³/mol. The molecular formula is C26H20ClN3O2. The molecule has 3 amide bonds. The molecule has 0 saturated carbocycles. The van der Waals surface area contributed by atoms with Crippen LogP contribution in [0, 0.1) is 0 Å². The van der Waals surface area contributed by atoms with Crippen molar-refractivity contribution in [3.05, 3.63) is 113 Å². The zero-order valence-corrected chi connectivity index (χ0v) is 17.9. The molecule has 0 bridgehead atoms. The molecule has 1 saturated heterocycles. The van der Waals surface area contributed by atoms with E-state index in [0.29, 0.717) is 12.0 Å². The molecule has 1 aliphatic rings. The van der Waals surface area contributed by atoms with Gasteiger partial charge in [-0.15, -0.1) is 0 Å². The summed E-state index contributed by atoms with van der Waals surface area (Å²) in [5, 5.41) is 4.17. The quantitative estimate of drug-likeness (QED) is 0.347. The van der Waals surface area contributed by atoms with Crippen molar-refractivity contribution in [2.45, 2.75) is 18.5 Å². The van der Waals surface area contributed by atoms with Gasteiger partial charge in [-0.05, 0) is 23.3 Å². The fourth-order valence-corrected chi connectivity index (χ4v) is 4.43. The molecule has 1 fully saturated rings. The van der Waals surface area contributed by atoms with Gasteiger partial charge in [0.1, 0.15) is 5.15 Å². The lowest BCUT2D eigenvalue weighted by Crippen LogP contribution is -2.46. The summed E-state index contributed by atoms with van der Waals surface area (Å²) in [6.07, 6.45) is 0.350. The molecule has 1 N–H and O–H groups in total. The average Bonchev–Trinajstić information content (AvgIpc) is 3.05. The van der Waals surface area contributed by atoms with Crippen molar-refractivity contribution in [2.24, 2.45) is 0 Å². The Labute approximate surface area is 190 Å². The third-order valence-electron chi connectivity index (χ3n) is 5.83. The molecule has 1 aliphatic heterocycles. The van der Waals surface area contributed by atoms with Crippen LogP contribution in [0.1, 0.15) is 16.7 Å². The molecule has 32 heavy (non-hydrogen) atoms. The summed E-state index contributed by atoms with van der Waals surface area (Å²) < 4.78 is 0. The van der Waals surface area contributed by atoms with E-state index in [9.17, 15) is 9.59 Å². The summed E-state index contributed by atoms with van der Waals surface area (Å²) in [7, 11) is 0. The summed E-state index contributed by atoms with van der Waals surface area (Å²) in [6.45, 7) is 0.0463. The Kier molecular flexibility index (Phi) is 5.11. The molecule has 3 aromatic carbocycles. The Bertz CT molecular complexity index is 1310. The Hall–Kier alpha value is -3.70. The maximum atomic E-state index is 13.8. The van der Waals surface area contributed by atoms with Crippen LogP contribution in [-0.2, 0) is 23.3 Å². The number of imide groups is 1. The number of halogens is 1. The molecular weight excluding hydrogens is 422 g/mol. The topological polar surface area (TPSA) is 62.3 Å². The number of amides is 3. The van der Waals surface area contributed by atoms with Gasteiger partial charge < -0.3 is 5.32 Å². The second-order valence-corrected chi connectivity index (χ2v) is 8.24. The average molecular weight is 442 g/mol. The minimum Gasteiger partial charge on any atom is -0.319 e. The van der Waals surface area contributed by atoms with Crippen molar-refractivity contribution in [1.82, 2.24) is 15.2 Å². The van der Waals surface area contributed by atoms with Gasteiger partial charge in [-0.3, -0.25) is 9.69 Å². The molecule has 1 aromatic heterocycles. The molecule has 1 unspecified atom stereocenters. The second-order valence-electron chi connectivity index (χ2n) is 7.89. The fourth-order valence-electron chi connectivity index (χ4n) is 4.23. The van der Waals surface area contributed by atoms with Crippen molar-refractivity contribution in [1.29, 1.82) is 0 Å². The molecule has 1 atom stereocenters. The number of hydrogen-bond donors (Lipinski definition) is 1. The Morgan fingerprint density at radius 2 is 1.53 bits per heavy atom. The van der Waals surface area contributed by atoms with Gasteiger partial charge in [0.05, 0.1) is 12.1 Å². The Morgan fingerprint density at radius 1 is 0.875 bits per heavy atom. The van der Waals surface area contributed by atoms with Crippen LogP contribution in [0.15, 0.2) is 91.0 Å². The van der Waals surface area contributed by atoms with Crippen LogP contribution in [0.5, 0.6) is 0 Å².